The van der Waals surface area contributed by atoms with Crippen LogP contribution in [0, 0.1) is 0 Å². The summed E-state index contributed by atoms with van der Waals surface area (Å²) in [6, 6.07) is 23.2. The summed E-state index contributed by atoms with van der Waals surface area (Å²) in [4.78, 5) is 0. The quantitative estimate of drug-likeness (QED) is 0.456. The van der Waals surface area contributed by atoms with Crippen LogP contribution in [-0.2, 0) is 12.8 Å². The predicted molar refractivity (Wildman–Crippen MR) is 112 cm³/mol. The molecule has 134 valence electrons. The number of aromatic hydroxyl groups is 1. The van der Waals surface area contributed by atoms with Crippen LogP contribution in [0.5, 0.6) is 5.75 Å². The molecule has 0 atom stereocenters. The van der Waals surface area contributed by atoms with E-state index in [9.17, 15) is 5.11 Å². The van der Waals surface area contributed by atoms with Gasteiger partial charge in [0.15, 0.2) is 0 Å². The molecular weight excluding hydrogens is 316 g/mol. The average molecular weight is 344 g/mol. The summed E-state index contributed by atoms with van der Waals surface area (Å²) in [5.74, 6) is 0.308. The molecule has 0 aliphatic rings. The highest BCUT2D eigenvalue weighted by molar-refractivity contribution is 5.74. The second-order valence-corrected chi connectivity index (χ2v) is 6.93. The fourth-order valence-corrected chi connectivity index (χ4v) is 3.43. The highest BCUT2D eigenvalue weighted by Gasteiger charge is 2.07. The SMILES string of the molecule is CCCCCc1ccc(-c2ccc(-c3ccc(O)cc3)c(CC)c2)cc1. The van der Waals surface area contributed by atoms with E-state index in [2.05, 4.69) is 56.3 Å². The number of unbranched alkanes of at least 4 members (excludes halogenated alkanes) is 2. The number of hydrogen-bond donors (Lipinski definition) is 1. The van der Waals surface area contributed by atoms with E-state index >= 15 is 0 Å². The molecule has 0 saturated carbocycles. The molecule has 0 bridgehead atoms. The highest BCUT2D eigenvalue weighted by Crippen LogP contribution is 2.30. The standard InChI is InChI=1S/C25H28O/c1-3-5-6-7-19-8-10-21(11-9-19)23-14-17-25(20(4-2)18-23)22-12-15-24(26)16-13-22/h8-18,26H,3-7H2,1-2H3. The Morgan fingerprint density at radius 3 is 2.00 bits per heavy atom. The molecule has 0 radical (unpaired) electrons. The van der Waals surface area contributed by atoms with E-state index in [4.69, 9.17) is 0 Å². The zero-order chi connectivity index (χ0) is 18.4. The number of phenolic OH excluding ortho intramolecular Hbond substituents is 1. The monoisotopic (exact) mass is 344 g/mol. The van der Waals surface area contributed by atoms with Gasteiger partial charge in [-0.25, -0.2) is 0 Å². The minimum absolute atomic E-state index is 0.308. The minimum Gasteiger partial charge on any atom is -0.508 e. The Kier molecular flexibility index (Phi) is 6.12. The summed E-state index contributed by atoms with van der Waals surface area (Å²) in [6.07, 6.45) is 6.01. The molecule has 1 heteroatoms. The van der Waals surface area contributed by atoms with Crippen molar-refractivity contribution in [1.82, 2.24) is 0 Å². The topological polar surface area (TPSA) is 20.2 Å². The average Bonchev–Trinajstić information content (AvgIpc) is 2.69. The van der Waals surface area contributed by atoms with Crippen molar-refractivity contribution in [3.05, 3.63) is 77.9 Å². The van der Waals surface area contributed by atoms with Gasteiger partial charge in [0.25, 0.3) is 0 Å². The molecule has 0 saturated heterocycles. The maximum atomic E-state index is 9.51. The lowest BCUT2D eigenvalue weighted by Gasteiger charge is -2.12. The van der Waals surface area contributed by atoms with Crippen LogP contribution in [0.4, 0.5) is 0 Å². The molecule has 0 fully saturated rings. The first-order valence-electron chi connectivity index (χ1n) is 9.73. The fourth-order valence-electron chi connectivity index (χ4n) is 3.43. The molecule has 0 aliphatic heterocycles. The molecular formula is C25H28O. The molecule has 0 aromatic heterocycles. The molecule has 26 heavy (non-hydrogen) atoms. The molecule has 0 spiro atoms. The van der Waals surface area contributed by atoms with Crippen molar-refractivity contribution in [3.8, 4) is 28.0 Å². The van der Waals surface area contributed by atoms with Crippen molar-refractivity contribution in [1.29, 1.82) is 0 Å². The van der Waals surface area contributed by atoms with Crippen LogP contribution >= 0.6 is 0 Å². The van der Waals surface area contributed by atoms with E-state index in [1.54, 1.807) is 12.1 Å². The van der Waals surface area contributed by atoms with E-state index in [-0.39, 0.29) is 0 Å². The zero-order valence-corrected chi connectivity index (χ0v) is 15.8. The van der Waals surface area contributed by atoms with Gasteiger partial charge in [0.1, 0.15) is 5.75 Å². The van der Waals surface area contributed by atoms with E-state index in [0.29, 0.717) is 5.75 Å². The van der Waals surface area contributed by atoms with Gasteiger partial charge >= 0.3 is 0 Å². The van der Waals surface area contributed by atoms with Crippen LogP contribution in [0.1, 0.15) is 44.2 Å². The van der Waals surface area contributed by atoms with Crippen LogP contribution in [0.3, 0.4) is 0 Å². The van der Waals surface area contributed by atoms with Gasteiger partial charge in [0, 0.05) is 0 Å². The number of aryl methyl sites for hydroxylation is 2. The first kappa shape index (κ1) is 18.3. The second-order valence-electron chi connectivity index (χ2n) is 6.93. The van der Waals surface area contributed by atoms with Gasteiger partial charge in [-0.3, -0.25) is 0 Å². The fraction of sp³-hybridized carbons (Fsp3) is 0.280. The van der Waals surface area contributed by atoms with Gasteiger partial charge in [-0.05, 0) is 64.8 Å². The van der Waals surface area contributed by atoms with E-state index < -0.39 is 0 Å². The van der Waals surface area contributed by atoms with Crippen molar-refractivity contribution in [2.24, 2.45) is 0 Å². The van der Waals surface area contributed by atoms with Gasteiger partial charge in [0.05, 0.1) is 0 Å². The van der Waals surface area contributed by atoms with Crippen molar-refractivity contribution < 1.29 is 5.11 Å². The van der Waals surface area contributed by atoms with Crippen molar-refractivity contribution in [3.63, 3.8) is 0 Å². The Morgan fingerprint density at radius 1 is 0.692 bits per heavy atom. The second kappa shape index (κ2) is 8.71. The number of benzene rings is 3. The molecule has 0 heterocycles. The summed E-state index contributed by atoms with van der Waals surface area (Å²) in [5.41, 5.74) is 7.70. The third-order valence-electron chi connectivity index (χ3n) is 5.02. The number of rotatable bonds is 7. The molecule has 3 aromatic carbocycles. The smallest absolute Gasteiger partial charge is 0.115 e. The largest absolute Gasteiger partial charge is 0.508 e. The van der Waals surface area contributed by atoms with Crippen LogP contribution in [0.25, 0.3) is 22.3 Å². The summed E-state index contributed by atoms with van der Waals surface area (Å²) in [7, 11) is 0. The van der Waals surface area contributed by atoms with Crippen molar-refractivity contribution in [2.75, 3.05) is 0 Å². The van der Waals surface area contributed by atoms with Crippen LogP contribution in [0.2, 0.25) is 0 Å². The Bertz CT molecular complexity index is 829. The van der Waals surface area contributed by atoms with Gasteiger partial charge in [-0.1, -0.05) is 81.3 Å². The van der Waals surface area contributed by atoms with E-state index in [0.717, 1.165) is 12.0 Å². The maximum absolute atomic E-state index is 9.51. The Hall–Kier alpha value is -2.54. The Labute approximate surface area is 157 Å². The Balaban J connectivity index is 1.83. The highest BCUT2D eigenvalue weighted by atomic mass is 16.3. The Morgan fingerprint density at radius 2 is 1.35 bits per heavy atom. The van der Waals surface area contributed by atoms with Gasteiger partial charge < -0.3 is 5.11 Å². The lowest BCUT2D eigenvalue weighted by Crippen LogP contribution is -1.90. The summed E-state index contributed by atoms with van der Waals surface area (Å²) in [5, 5.41) is 9.51. The third kappa shape index (κ3) is 4.35. The summed E-state index contributed by atoms with van der Waals surface area (Å²) < 4.78 is 0. The van der Waals surface area contributed by atoms with Crippen molar-refractivity contribution >= 4 is 0 Å². The lowest BCUT2D eigenvalue weighted by atomic mass is 9.93. The predicted octanol–water partition coefficient (Wildman–Crippen LogP) is 7.02. The molecule has 1 nitrogen and oxygen atoms in total. The molecule has 3 aromatic rings. The minimum atomic E-state index is 0.308. The first-order valence-corrected chi connectivity index (χ1v) is 9.73. The normalized spacial score (nSPS) is 10.8. The lowest BCUT2D eigenvalue weighted by molar-refractivity contribution is 0.475. The molecule has 0 unspecified atom stereocenters. The van der Waals surface area contributed by atoms with Crippen LogP contribution < -0.4 is 0 Å². The van der Waals surface area contributed by atoms with Gasteiger partial charge in [0.2, 0.25) is 0 Å². The summed E-state index contributed by atoms with van der Waals surface area (Å²) >= 11 is 0. The number of phenols is 1. The zero-order valence-electron chi connectivity index (χ0n) is 15.8. The van der Waals surface area contributed by atoms with Gasteiger partial charge in [-0.2, -0.15) is 0 Å². The molecule has 0 amide bonds. The van der Waals surface area contributed by atoms with Crippen LogP contribution in [-0.4, -0.2) is 5.11 Å². The van der Waals surface area contributed by atoms with E-state index in [1.165, 1.54) is 53.5 Å². The third-order valence-corrected chi connectivity index (χ3v) is 5.02. The first-order chi connectivity index (χ1) is 12.7. The van der Waals surface area contributed by atoms with Gasteiger partial charge in [-0.15, -0.1) is 0 Å². The molecule has 1 N–H and O–H groups in total. The summed E-state index contributed by atoms with van der Waals surface area (Å²) in [6.45, 7) is 4.44. The molecule has 3 rings (SSSR count). The van der Waals surface area contributed by atoms with Crippen LogP contribution in [0.15, 0.2) is 66.7 Å². The van der Waals surface area contributed by atoms with Crippen molar-refractivity contribution in [2.45, 2.75) is 46.0 Å². The van der Waals surface area contributed by atoms with E-state index in [1.807, 2.05) is 12.1 Å². The molecule has 0 aliphatic carbocycles. The maximum Gasteiger partial charge on any atom is 0.115 e. The number of hydrogen-bond acceptors (Lipinski definition) is 1.